The molecule has 1 saturated heterocycles. The fourth-order valence-electron chi connectivity index (χ4n) is 5.00. The number of fused-ring (bicyclic) bond motifs is 4. The topological polar surface area (TPSA) is 85.9 Å². The van der Waals surface area contributed by atoms with E-state index in [1.54, 1.807) is 25.9 Å². The van der Waals surface area contributed by atoms with Crippen molar-refractivity contribution in [2.45, 2.75) is 38.1 Å². The van der Waals surface area contributed by atoms with Crippen LogP contribution >= 0.6 is 0 Å². The van der Waals surface area contributed by atoms with Crippen molar-refractivity contribution >= 4 is 22.7 Å². The number of carbonyl (C=O) groups excluding carboxylic acids is 2. The van der Waals surface area contributed by atoms with Crippen molar-refractivity contribution in [3.63, 3.8) is 0 Å². The van der Waals surface area contributed by atoms with Crippen LogP contribution in [0, 0.1) is 0 Å². The fourth-order valence-corrected chi connectivity index (χ4v) is 5.00. The summed E-state index contributed by atoms with van der Waals surface area (Å²) in [6, 6.07) is 5.57. The molecule has 0 bridgehead atoms. The van der Waals surface area contributed by atoms with Gasteiger partial charge in [-0.15, -0.1) is 0 Å². The molecule has 2 aromatic rings. The highest BCUT2D eigenvalue weighted by Crippen LogP contribution is 2.49. The molecule has 2 aliphatic heterocycles. The number of carbonyl (C=O) groups is 2. The smallest absolute Gasteiger partial charge is 0.220 e. The van der Waals surface area contributed by atoms with Crippen LogP contribution in [0.1, 0.15) is 44.0 Å². The number of H-pyrrole nitrogens is 1. The largest absolute Gasteiger partial charge is 0.497 e. The number of amides is 2. The Kier molecular flexibility index (Phi) is 4.57. The van der Waals surface area contributed by atoms with Gasteiger partial charge in [-0.3, -0.25) is 9.59 Å². The highest BCUT2D eigenvalue weighted by atomic mass is 16.5. The Morgan fingerprint density at radius 1 is 1.25 bits per heavy atom. The van der Waals surface area contributed by atoms with Crippen molar-refractivity contribution in [1.29, 1.82) is 0 Å². The summed E-state index contributed by atoms with van der Waals surface area (Å²) in [7, 11) is 1.64. The van der Waals surface area contributed by atoms with Gasteiger partial charge in [-0.1, -0.05) is 0 Å². The van der Waals surface area contributed by atoms with E-state index in [1.165, 1.54) is 5.56 Å². The molecule has 1 spiro atoms. The van der Waals surface area contributed by atoms with Gasteiger partial charge in [-0.2, -0.15) is 0 Å². The number of aromatic nitrogens is 1. The zero-order chi connectivity index (χ0) is 20.1. The van der Waals surface area contributed by atoms with Crippen molar-refractivity contribution in [2.75, 3.05) is 33.4 Å². The van der Waals surface area contributed by atoms with E-state index >= 15 is 0 Å². The van der Waals surface area contributed by atoms with Crippen LogP contribution in [-0.2, 0) is 15.0 Å². The van der Waals surface area contributed by atoms with Gasteiger partial charge in [0.05, 0.1) is 19.8 Å². The maximum atomic E-state index is 12.4. The maximum Gasteiger partial charge on any atom is 0.220 e. The predicted octanol–water partition coefficient (Wildman–Crippen LogP) is 1.95. The third-order valence-electron chi connectivity index (χ3n) is 6.49. The van der Waals surface area contributed by atoms with E-state index < -0.39 is 0 Å². The third-order valence-corrected chi connectivity index (χ3v) is 6.49. The number of nitrogens with one attached hydrogen (secondary N) is 1. The van der Waals surface area contributed by atoms with Crippen LogP contribution in [0.4, 0.5) is 0 Å². The molecule has 28 heavy (non-hydrogen) atoms. The number of aliphatic hydroxyl groups excluding tert-OH is 1. The first kappa shape index (κ1) is 18.8. The average Bonchev–Trinajstić information content (AvgIpc) is 3.07. The van der Waals surface area contributed by atoms with Gasteiger partial charge < -0.3 is 24.6 Å². The van der Waals surface area contributed by atoms with Crippen molar-refractivity contribution < 1.29 is 19.4 Å². The number of likely N-dealkylation sites (tertiary alicyclic amines) is 1. The van der Waals surface area contributed by atoms with Gasteiger partial charge in [-0.05, 0) is 30.5 Å². The molecule has 3 heterocycles. The Labute approximate surface area is 164 Å². The van der Waals surface area contributed by atoms with Gasteiger partial charge in [-0.25, -0.2) is 0 Å². The third kappa shape index (κ3) is 2.76. The first-order valence-electron chi connectivity index (χ1n) is 9.74. The average molecular weight is 385 g/mol. The van der Waals surface area contributed by atoms with E-state index in [1.807, 2.05) is 17.0 Å². The molecule has 1 atom stereocenters. The quantitative estimate of drug-likeness (QED) is 0.827. The van der Waals surface area contributed by atoms with Crippen LogP contribution in [0.25, 0.3) is 10.9 Å². The lowest BCUT2D eigenvalue weighted by molar-refractivity contribution is -0.137. The number of rotatable bonds is 2. The van der Waals surface area contributed by atoms with Crippen LogP contribution in [-0.4, -0.2) is 65.1 Å². The van der Waals surface area contributed by atoms with Crippen LogP contribution < -0.4 is 4.74 Å². The van der Waals surface area contributed by atoms with Crippen LogP contribution in [0.15, 0.2) is 18.2 Å². The lowest BCUT2D eigenvalue weighted by atomic mass is 9.68. The van der Waals surface area contributed by atoms with Crippen molar-refractivity contribution in [3.8, 4) is 5.75 Å². The normalized spacial score (nSPS) is 21.1. The van der Waals surface area contributed by atoms with Crippen molar-refractivity contribution in [2.24, 2.45) is 0 Å². The summed E-state index contributed by atoms with van der Waals surface area (Å²) in [5, 5.41) is 11.2. The molecule has 2 amide bonds. The van der Waals surface area contributed by atoms with Crippen LogP contribution in [0.2, 0.25) is 0 Å². The molecular formula is C21H27N3O4. The molecule has 0 aliphatic carbocycles. The Balaban J connectivity index is 1.88. The molecule has 1 fully saturated rings. The molecule has 0 radical (unpaired) electrons. The van der Waals surface area contributed by atoms with Gasteiger partial charge in [0, 0.05) is 61.6 Å². The second kappa shape index (κ2) is 6.81. The van der Waals surface area contributed by atoms with Gasteiger partial charge in [0.15, 0.2) is 0 Å². The minimum atomic E-state index is -0.387. The predicted molar refractivity (Wildman–Crippen MR) is 105 cm³/mol. The summed E-state index contributed by atoms with van der Waals surface area (Å²) >= 11 is 0. The van der Waals surface area contributed by atoms with Crippen molar-refractivity contribution in [3.05, 3.63) is 29.5 Å². The lowest BCUT2D eigenvalue weighted by Crippen LogP contribution is -2.55. The molecule has 0 saturated carbocycles. The number of benzene rings is 1. The molecule has 2 N–H and O–H groups in total. The molecule has 1 aromatic heterocycles. The monoisotopic (exact) mass is 385 g/mol. The second-order valence-corrected chi connectivity index (χ2v) is 7.96. The maximum absolute atomic E-state index is 12.4. The van der Waals surface area contributed by atoms with Gasteiger partial charge in [0.25, 0.3) is 0 Å². The Hall–Kier alpha value is -2.54. The van der Waals surface area contributed by atoms with E-state index in [9.17, 15) is 14.7 Å². The van der Waals surface area contributed by atoms with E-state index in [2.05, 4.69) is 11.1 Å². The SMILES string of the molecule is COc1ccc2c3c([nH]c2c1)[C@H](CO)N(C(C)=O)CC31CCN(C(C)=O)CC1. The number of ether oxygens (including phenoxy) is 1. The van der Waals surface area contributed by atoms with Crippen LogP contribution in [0.5, 0.6) is 5.75 Å². The molecule has 150 valence electrons. The summed E-state index contributed by atoms with van der Waals surface area (Å²) in [6.45, 7) is 4.93. The molecular weight excluding hydrogens is 358 g/mol. The molecule has 7 nitrogen and oxygen atoms in total. The molecule has 7 heteroatoms. The zero-order valence-electron chi connectivity index (χ0n) is 16.6. The highest BCUT2D eigenvalue weighted by molar-refractivity contribution is 5.88. The van der Waals surface area contributed by atoms with E-state index in [0.29, 0.717) is 19.6 Å². The highest BCUT2D eigenvalue weighted by Gasteiger charge is 2.48. The van der Waals surface area contributed by atoms with E-state index in [-0.39, 0.29) is 29.9 Å². The van der Waals surface area contributed by atoms with Gasteiger partial charge in [0.1, 0.15) is 5.75 Å². The number of aromatic amines is 1. The standard InChI is InChI=1S/C21H27N3O4/c1-13(26)23-8-6-21(7-9-23)12-24(14(2)27)18(11-25)20-19(21)16-5-4-15(28-3)10-17(16)22-20/h4-5,10,18,22,25H,6-9,11-12H2,1-3H3/t18-/m0/s1. The summed E-state index contributed by atoms with van der Waals surface area (Å²) in [4.78, 5) is 31.4. The Bertz CT molecular complexity index is 927. The summed E-state index contributed by atoms with van der Waals surface area (Å²) in [6.07, 6.45) is 1.58. The number of methoxy groups -OCH3 is 1. The number of piperidine rings is 1. The molecule has 1 aromatic carbocycles. The number of aliphatic hydroxyl groups is 1. The zero-order valence-corrected chi connectivity index (χ0v) is 16.6. The van der Waals surface area contributed by atoms with Gasteiger partial charge >= 0.3 is 0 Å². The fraction of sp³-hybridized carbons (Fsp3) is 0.524. The molecule has 0 unspecified atom stereocenters. The molecule has 2 aliphatic rings. The van der Waals surface area contributed by atoms with Gasteiger partial charge in [0.2, 0.25) is 11.8 Å². The first-order chi connectivity index (χ1) is 13.4. The summed E-state index contributed by atoms with van der Waals surface area (Å²) < 4.78 is 5.37. The van der Waals surface area contributed by atoms with Crippen molar-refractivity contribution in [1.82, 2.24) is 14.8 Å². The van der Waals surface area contributed by atoms with Crippen LogP contribution in [0.3, 0.4) is 0 Å². The van der Waals surface area contributed by atoms with E-state index in [0.717, 1.165) is 35.2 Å². The van der Waals surface area contributed by atoms with E-state index in [4.69, 9.17) is 4.74 Å². The molecule has 4 rings (SSSR count). The second-order valence-electron chi connectivity index (χ2n) is 7.96. The number of nitrogens with zero attached hydrogens (tertiary/aromatic N) is 2. The number of hydrogen-bond donors (Lipinski definition) is 2. The Morgan fingerprint density at radius 3 is 2.54 bits per heavy atom. The summed E-state index contributed by atoms with van der Waals surface area (Å²) in [5.74, 6) is 0.802. The lowest BCUT2D eigenvalue weighted by Gasteiger charge is -2.50. The Morgan fingerprint density at radius 2 is 1.96 bits per heavy atom. The number of hydrogen-bond acceptors (Lipinski definition) is 4. The minimum absolute atomic E-state index is 0.0469. The minimum Gasteiger partial charge on any atom is -0.497 e. The summed E-state index contributed by atoms with van der Waals surface area (Å²) in [5.41, 5.74) is 2.81. The first-order valence-corrected chi connectivity index (χ1v) is 9.74.